The first kappa shape index (κ1) is 20.3. The van der Waals surface area contributed by atoms with Crippen molar-refractivity contribution in [3.8, 4) is 5.69 Å². The molecule has 0 amide bonds. The van der Waals surface area contributed by atoms with E-state index < -0.39 is 0 Å². The molecule has 6 nitrogen and oxygen atoms in total. The predicted octanol–water partition coefficient (Wildman–Crippen LogP) is 3.79. The van der Waals surface area contributed by atoms with Gasteiger partial charge in [0, 0.05) is 36.1 Å². The Hall–Kier alpha value is -1.93. The summed E-state index contributed by atoms with van der Waals surface area (Å²) in [6.45, 7) is 5.83. The molecule has 3 heterocycles. The van der Waals surface area contributed by atoms with Crippen molar-refractivity contribution in [3.05, 3.63) is 66.6 Å². The highest BCUT2D eigenvalue weighted by Gasteiger charge is 2.35. The van der Waals surface area contributed by atoms with E-state index in [1.807, 2.05) is 6.92 Å². The fraction of sp³-hybridized carbons (Fsp3) is 0.350. The van der Waals surface area contributed by atoms with Crippen LogP contribution in [0.5, 0.6) is 0 Å². The minimum atomic E-state index is -0.200. The van der Waals surface area contributed by atoms with Gasteiger partial charge in [-0.3, -0.25) is 9.36 Å². The van der Waals surface area contributed by atoms with Gasteiger partial charge in [-0.1, -0.05) is 29.3 Å². The third-order valence-corrected chi connectivity index (χ3v) is 7.17. The molecule has 152 valence electrons. The Morgan fingerprint density at radius 2 is 2.03 bits per heavy atom. The first-order valence-electron chi connectivity index (χ1n) is 9.31. The summed E-state index contributed by atoms with van der Waals surface area (Å²) in [7, 11) is 0. The van der Waals surface area contributed by atoms with Crippen LogP contribution in [-0.4, -0.2) is 34.2 Å². The molecule has 0 bridgehead atoms. The lowest BCUT2D eigenvalue weighted by atomic mass is 9.97. The van der Waals surface area contributed by atoms with Crippen molar-refractivity contribution >= 4 is 40.4 Å². The second-order valence-corrected chi connectivity index (χ2v) is 8.92. The van der Waals surface area contributed by atoms with E-state index >= 15 is 0 Å². The summed E-state index contributed by atoms with van der Waals surface area (Å²) in [5.74, 6) is 1.71. The SMILES string of the molecule is Cc1csc([C@H]2CN(c3cc(=O)n(-c4cccc(Cl)c4Cl)c(C)n3)C[C@H]2CN)n1. The maximum atomic E-state index is 12.9. The fourth-order valence-corrected chi connectivity index (χ4v) is 5.18. The van der Waals surface area contributed by atoms with Gasteiger partial charge in [-0.2, -0.15) is 0 Å². The molecule has 1 aromatic carbocycles. The van der Waals surface area contributed by atoms with Crippen LogP contribution in [-0.2, 0) is 0 Å². The molecule has 9 heteroatoms. The van der Waals surface area contributed by atoms with Gasteiger partial charge in [0.15, 0.2) is 0 Å². The van der Waals surface area contributed by atoms with E-state index in [4.69, 9.17) is 33.9 Å². The second kappa shape index (κ2) is 8.07. The van der Waals surface area contributed by atoms with Gasteiger partial charge in [-0.25, -0.2) is 9.97 Å². The van der Waals surface area contributed by atoms with Crippen LogP contribution in [0.15, 0.2) is 34.4 Å². The number of anilines is 1. The molecule has 2 aromatic heterocycles. The maximum Gasteiger partial charge on any atom is 0.260 e. The van der Waals surface area contributed by atoms with Crippen LogP contribution in [0, 0.1) is 19.8 Å². The third-order valence-electron chi connectivity index (χ3n) is 5.27. The highest BCUT2D eigenvalue weighted by molar-refractivity contribution is 7.09. The second-order valence-electron chi connectivity index (χ2n) is 7.24. The molecule has 4 rings (SSSR count). The van der Waals surface area contributed by atoms with Gasteiger partial charge in [0.1, 0.15) is 11.6 Å². The summed E-state index contributed by atoms with van der Waals surface area (Å²) in [6, 6.07) is 6.75. The summed E-state index contributed by atoms with van der Waals surface area (Å²) in [5, 5.41) is 3.88. The van der Waals surface area contributed by atoms with Crippen molar-refractivity contribution < 1.29 is 0 Å². The van der Waals surface area contributed by atoms with Gasteiger partial charge < -0.3 is 10.6 Å². The van der Waals surface area contributed by atoms with E-state index in [1.54, 1.807) is 42.5 Å². The van der Waals surface area contributed by atoms with Crippen LogP contribution in [0.3, 0.4) is 0 Å². The smallest absolute Gasteiger partial charge is 0.260 e. The summed E-state index contributed by atoms with van der Waals surface area (Å²) in [4.78, 5) is 24.4. The number of nitrogens with two attached hydrogens (primary N) is 1. The number of benzene rings is 1. The Morgan fingerprint density at radius 1 is 1.24 bits per heavy atom. The highest BCUT2D eigenvalue weighted by Crippen LogP contribution is 2.36. The molecule has 1 aliphatic rings. The van der Waals surface area contributed by atoms with Crippen molar-refractivity contribution in [1.82, 2.24) is 14.5 Å². The Kier molecular flexibility index (Phi) is 5.66. The first-order chi connectivity index (χ1) is 13.9. The summed E-state index contributed by atoms with van der Waals surface area (Å²) in [5.41, 5.74) is 7.39. The Morgan fingerprint density at radius 3 is 2.69 bits per heavy atom. The predicted molar refractivity (Wildman–Crippen MR) is 119 cm³/mol. The average molecular weight is 450 g/mol. The van der Waals surface area contributed by atoms with Crippen molar-refractivity contribution in [3.63, 3.8) is 0 Å². The molecular formula is C20H21Cl2N5OS. The van der Waals surface area contributed by atoms with Gasteiger partial charge in [-0.05, 0) is 38.4 Å². The number of hydrogen-bond donors (Lipinski definition) is 1. The fourth-order valence-electron chi connectivity index (χ4n) is 3.82. The number of thiazole rings is 1. The number of aromatic nitrogens is 3. The molecule has 1 aliphatic heterocycles. The zero-order valence-corrected chi connectivity index (χ0v) is 18.4. The third kappa shape index (κ3) is 3.80. The Balaban J connectivity index is 1.68. The van der Waals surface area contributed by atoms with E-state index in [-0.39, 0.29) is 17.4 Å². The molecule has 3 aromatic rings. The summed E-state index contributed by atoms with van der Waals surface area (Å²) in [6.07, 6.45) is 0. The molecular weight excluding hydrogens is 429 g/mol. The minimum Gasteiger partial charge on any atom is -0.355 e. The molecule has 0 saturated carbocycles. The van der Waals surface area contributed by atoms with Gasteiger partial charge in [0.2, 0.25) is 0 Å². The molecule has 0 unspecified atom stereocenters. The number of nitrogens with zero attached hydrogens (tertiary/aromatic N) is 4. The maximum absolute atomic E-state index is 12.9. The molecule has 1 saturated heterocycles. The monoisotopic (exact) mass is 449 g/mol. The van der Waals surface area contributed by atoms with Crippen LogP contribution in [0.25, 0.3) is 5.69 Å². The molecule has 0 spiro atoms. The van der Waals surface area contributed by atoms with Crippen molar-refractivity contribution in [2.24, 2.45) is 11.7 Å². The lowest BCUT2D eigenvalue weighted by Crippen LogP contribution is -2.28. The molecule has 2 N–H and O–H groups in total. The van der Waals surface area contributed by atoms with Crippen LogP contribution >= 0.6 is 34.5 Å². The van der Waals surface area contributed by atoms with E-state index in [0.717, 1.165) is 23.8 Å². The molecule has 29 heavy (non-hydrogen) atoms. The number of rotatable bonds is 4. The van der Waals surface area contributed by atoms with Crippen LogP contribution < -0.4 is 16.2 Å². The lowest BCUT2D eigenvalue weighted by Gasteiger charge is -2.19. The van der Waals surface area contributed by atoms with Crippen molar-refractivity contribution in [2.45, 2.75) is 19.8 Å². The van der Waals surface area contributed by atoms with E-state index in [9.17, 15) is 4.79 Å². The molecule has 0 radical (unpaired) electrons. The number of hydrogen-bond acceptors (Lipinski definition) is 6. The van der Waals surface area contributed by atoms with Crippen molar-refractivity contribution in [2.75, 3.05) is 24.5 Å². The van der Waals surface area contributed by atoms with Crippen LogP contribution in [0.1, 0.15) is 22.4 Å². The van der Waals surface area contributed by atoms with E-state index in [0.29, 0.717) is 33.9 Å². The number of halogens is 2. The van der Waals surface area contributed by atoms with Gasteiger partial charge in [0.25, 0.3) is 5.56 Å². The summed E-state index contributed by atoms with van der Waals surface area (Å²) >= 11 is 14.1. The number of aryl methyl sites for hydroxylation is 2. The van der Waals surface area contributed by atoms with Crippen LogP contribution in [0.4, 0.5) is 5.82 Å². The lowest BCUT2D eigenvalue weighted by molar-refractivity contribution is 0.529. The Bertz CT molecular complexity index is 1110. The summed E-state index contributed by atoms with van der Waals surface area (Å²) < 4.78 is 1.48. The highest BCUT2D eigenvalue weighted by atomic mass is 35.5. The normalized spacial score (nSPS) is 19.1. The minimum absolute atomic E-state index is 0.200. The largest absolute Gasteiger partial charge is 0.355 e. The first-order valence-corrected chi connectivity index (χ1v) is 10.9. The standard InChI is InChI=1S/C20H21Cl2N5OS/c1-11-10-29-20(24-11)14-9-26(8-13(14)7-23)17-6-18(28)27(12(2)25-17)16-5-3-4-15(21)19(16)22/h3-6,10,13-14H,7-9,23H2,1-2H3/t13-,14+/m1/s1. The van der Waals surface area contributed by atoms with E-state index in [2.05, 4.69) is 15.3 Å². The molecule has 2 atom stereocenters. The topological polar surface area (TPSA) is 77.0 Å². The quantitative estimate of drug-likeness (QED) is 0.655. The zero-order valence-electron chi connectivity index (χ0n) is 16.1. The zero-order chi connectivity index (χ0) is 20.7. The van der Waals surface area contributed by atoms with Gasteiger partial charge >= 0.3 is 0 Å². The van der Waals surface area contributed by atoms with E-state index in [1.165, 1.54) is 4.57 Å². The van der Waals surface area contributed by atoms with Crippen molar-refractivity contribution in [1.29, 1.82) is 0 Å². The van der Waals surface area contributed by atoms with Crippen LogP contribution in [0.2, 0.25) is 10.0 Å². The molecule has 1 fully saturated rings. The van der Waals surface area contributed by atoms with Gasteiger partial charge in [-0.15, -0.1) is 11.3 Å². The molecule has 0 aliphatic carbocycles. The average Bonchev–Trinajstić information content (AvgIpc) is 3.30. The van der Waals surface area contributed by atoms with Gasteiger partial charge in [0.05, 0.1) is 20.7 Å². The Labute approximate surface area is 182 Å².